The molecule has 4 aliphatic rings. The van der Waals surface area contributed by atoms with Gasteiger partial charge in [-0.05, 0) is 25.8 Å². The first-order valence-corrected chi connectivity index (χ1v) is 6.18. The number of hydrogen-bond donors (Lipinski definition) is 0. The first-order chi connectivity index (χ1) is 8.09. The van der Waals surface area contributed by atoms with Crippen LogP contribution in [0.4, 0.5) is 0 Å². The van der Waals surface area contributed by atoms with Crippen LogP contribution in [0.5, 0.6) is 0 Å². The highest BCUT2D eigenvalue weighted by molar-refractivity contribution is 6.04. The van der Waals surface area contributed by atoms with Gasteiger partial charge in [0.25, 0.3) is 0 Å². The highest BCUT2D eigenvalue weighted by Gasteiger charge is 2.60. The lowest BCUT2D eigenvalue weighted by Gasteiger charge is -2.48. The lowest BCUT2D eigenvalue weighted by atomic mass is 9.66. The molecule has 4 nitrogen and oxygen atoms in total. The lowest BCUT2D eigenvalue weighted by Crippen LogP contribution is -2.56. The Morgan fingerprint density at radius 3 is 2.88 bits per heavy atom. The van der Waals surface area contributed by atoms with Gasteiger partial charge in [0.2, 0.25) is 0 Å². The van der Waals surface area contributed by atoms with Crippen molar-refractivity contribution in [3.63, 3.8) is 0 Å². The maximum absolute atomic E-state index is 12.1. The van der Waals surface area contributed by atoms with Crippen LogP contribution in [-0.2, 0) is 19.1 Å². The molecule has 17 heavy (non-hydrogen) atoms. The number of Topliss-reactive ketones (excluding diaryl/α,β-unsaturated/α-hetero) is 1. The Kier molecular flexibility index (Phi) is 2.20. The van der Waals surface area contributed by atoms with E-state index in [0.29, 0.717) is 25.9 Å². The number of ether oxygens (including phenoxy) is 2. The summed E-state index contributed by atoms with van der Waals surface area (Å²) in [6.45, 7) is 4.36. The van der Waals surface area contributed by atoms with Crippen molar-refractivity contribution in [3.05, 3.63) is 11.1 Å². The van der Waals surface area contributed by atoms with Crippen LogP contribution in [0.3, 0.4) is 0 Å². The number of fused-ring (bicyclic) bond motifs is 2. The maximum atomic E-state index is 12.1. The summed E-state index contributed by atoms with van der Waals surface area (Å²) in [5, 5.41) is 0. The fraction of sp³-hybridized carbons (Fsp3) is 0.692. The average molecular weight is 236 g/mol. The Balaban J connectivity index is 2.10. The van der Waals surface area contributed by atoms with Crippen LogP contribution < -0.4 is 0 Å². The largest absolute Gasteiger partial charge is 0.457 e. The molecule has 4 heteroatoms. The lowest BCUT2D eigenvalue weighted by molar-refractivity contribution is -0.184. The smallest absolute Gasteiger partial charge is 0.319 e. The van der Waals surface area contributed by atoms with E-state index < -0.39 is 5.41 Å². The SMILES string of the molecule is CCO[C@@H]1C[C@H]2OC(=O)[C@]1(C)C1=C2C(=O)CC1. The molecular formula is C13H16O4. The van der Waals surface area contributed by atoms with Gasteiger partial charge in [-0.3, -0.25) is 9.59 Å². The van der Waals surface area contributed by atoms with Crippen molar-refractivity contribution < 1.29 is 19.1 Å². The normalized spacial score (nSPS) is 39.6. The summed E-state index contributed by atoms with van der Waals surface area (Å²) in [4.78, 5) is 23.9. The zero-order valence-electron chi connectivity index (χ0n) is 10.1. The summed E-state index contributed by atoms with van der Waals surface area (Å²) in [5.41, 5.74) is 1.02. The minimum Gasteiger partial charge on any atom is -0.457 e. The second-order valence-corrected chi connectivity index (χ2v) is 5.09. The molecule has 0 aromatic rings. The third-order valence-electron chi connectivity index (χ3n) is 4.29. The summed E-state index contributed by atoms with van der Waals surface area (Å²) >= 11 is 0. The molecule has 2 aliphatic heterocycles. The Hall–Kier alpha value is -1.16. The number of carbonyl (C=O) groups excluding carboxylic acids is 2. The van der Waals surface area contributed by atoms with E-state index in [1.165, 1.54) is 0 Å². The molecule has 0 aromatic carbocycles. The third kappa shape index (κ3) is 1.22. The predicted molar refractivity (Wildman–Crippen MR) is 59.3 cm³/mol. The van der Waals surface area contributed by atoms with Crippen LogP contribution in [0.2, 0.25) is 0 Å². The molecule has 1 fully saturated rings. The fourth-order valence-electron chi connectivity index (χ4n) is 3.38. The van der Waals surface area contributed by atoms with Crippen LogP contribution >= 0.6 is 0 Å². The second kappa shape index (κ2) is 3.42. The van der Waals surface area contributed by atoms with Crippen LogP contribution in [0.1, 0.15) is 33.1 Å². The summed E-state index contributed by atoms with van der Waals surface area (Å²) in [5.74, 6) is -0.0701. The van der Waals surface area contributed by atoms with E-state index in [9.17, 15) is 9.59 Å². The highest BCUT2D eigenvalue weighted by atomic mass is 16.6. The van der Waals surface area contributed by atoms with Gasteiger partial charge < -0.3 is 9.47 Å². The molecule has 0 spiro atoms. The van der Waals surface area contributed by atoms with E-state index in [1.807, 2.05) is 13.8 Å². The molecule has 3 atom stereocenters. The summed E-state index contributed by atoms with van der Waals surface area (Å²) < 4.78 is 11.0. The topological polar surface area (TPSA) is 52.6 Å². The summed E-state index contributed by atoms with van der Waals surface area (Å²) in [6.07, 6.45) is 1.35. The van der Waals surface area contributed by atoms with Crippen LogP contribution in [0.25, 0.3) is 0 Å². The quantitative estimate of drug-likeness (QED) is 0.680. The molecule has 0 N–H and O–H groups in total. The van der Waals surface area contributed by atoms with Gasteiger partial charge in [-0.25, -0.2) is 0 Å². The van der Waals surface area contributed by atoms with Gasteiger partial charge >= 0.3 is 5.97 Å². The summed E-state index contributed by atoms with van der Waals surface area (Å²) in [7, 11) is 0. The molecule has 1 saturated heterocycles. The van der Waals surface area contributed by atoms with Gasteiger partial charge in [-0.1, -0.05) is 0 Å². The van der Waals surface area contributed by atoms with Crippen molar-refractivity contribution in [3.8, 4) is 0 Å². The van der Waals surface area contributed by atoms with E-state index in [0.717, 1.165) is 11.1 Å². The highest BCUT2D eigenvalue weighted by Crippen LogP contribution is 2.53. The molecule has 2 aliphatic carbocycles. The maximum Gasteiger partial charge on any atom is 0.319 e. The minimum absolute atomic E-state index is 0.136. The monoisotopic (exact) mass is 236 g/mol. The molecular weight excluding hydrogens is 220 g/mol. The molecule has 0 unspecified atom stereocenters. The van der Waals surface area contributed by atoms with Crippen molar-refractivity contribution >= 4 is 11.8 Å². The fourth-order valence-corrected chi connectivity index (χ4v) is 3.38. The van der Waals surface area contributed by atoms with E-state index in [-0.39, 0.29) is 24.0 Å². The van der Waals surface area contributed by atoms with Crippen molar-refractivity contribution in [1.29, 1.82) is 0 Å². The molecule has 0 radical (unpaired) electrons. The van der Waals surface area contributed by atoms with Crippen molar-refractivity contribution in [1.82, 2.24) is 0 Å². The van der Waals surface area contributed by atoms with Gasteiger partial charge in [0.05, 0.1) is 6.10 Å². The summed E-state index contributed by atoms with van der Waals surface area (Å²) in [6, 6.07) is 0. The zero-order valence-corrected chi connectivity index (χ0v) is 10.1. The van der Waals surface area contributed by atoms with Crippen molar-refractivity contribution in [2.75, 3.05) is 6.61 Å². The van der Waals surface area contributed by atoms with Gasteiger partial charge in [-0.2, -0.15) is 0 Å². The molecule has 0 aromatic heterocycles. The van der Waals surface area contributed by atoms with Gasteiger partial charge in [0.15, 0.2) is 5.78 Å². The number of ketones is 1. The van der Waals surface area contributed by atoms with E-state index in [1.54, 1.807) is 0 Å². The Labute approximate surface area is 100.0 Å². The van der Waals surface area contributed by atoms with Gasteiger partial charge in [-0.15, -0.1) is 0 Å². The number of carbonyl (C=O) groups is 2. The molecule has 92 valence electrons. The van der Waals surface area contributed by atoms with Crippen LogP contribution in [0, 0.1) is 5.41 Å². The van der Waals surface area contributed by atoms with Gasteiger partial charge in [0.1, 0.15) is 11.5 Å². The molecule has 2 heterocycles. The minimum atomic E-state index is -0.730. The second-order valence-electron chi connectivity index (χ2n) is 5.09. The Morgan fingerprint density at radius 2 is 2.18 bits per heavy atom. The molecule has 4 rings (SSSR count). The predicted octanol–water partition coefficient (Wildman–Crippen LogP) is 1.39. The molecule has 2 bridgehead atoms. The number of esters is 1. The van der Waals surface area contributed by atoms with Crippen molar-refractivity contribution in [2.45, 2.75) is 45.3 Å². The van der Waals surface area contributed by atoms with E-state index in [2.05, 4.69) is 0 Å². The standard InChI is InChI=1S/C13H16O4/c1-3-16-10-6-9-11-7(4-5-8(11)14)13(10,2)12(15)17-9/h9-10H,3-6H2,1-2H3/t9-,10-,13-/m1/s1. The number of hydrogen-bond acceptors (Lipinski definition) is 4. The average Bonchev–Trinajstić information content (AvgIpc) is 2.67. The van der Waals surface area contributed by atoms with E-state index in [4.69, 9.17) is 9.47 Å². The van der Waals surface area contributed by atoms with E-state index >= 15 is 0 Å². The first-order valence-electron chi connectivity index (χ1n) is 6.18. The van der Waals surface area contributed by atoms with Gasteiger partial charge in [0, 0.05) is 25.0 Å². The van der Waals surface area contributed by atoms with Crippen LogP contribution in [-0.4, -0.2) is 30.6 Å². The molecule has 0 saturated carbocycles. The number of rotatable bonds is 2. The van der Waals surface area contributed by atoms with Crippen molar-refractivity contribution in [2.24, 2.45) is 5.41 Å². The Morgan fingerprint density at radius 1 is 1.41 bits per heavy atom. The third-order valence-corrected chi connectivity index (χ3v) is 4.29. The molecule has 0 amide bonds. The van der Waals surface area contributed by atoms with Crippen LogP contribution in [0.15, 0.2) is 11.1 Å². The Bertz CT molecular complexity index is 437. The first kappa shape index (κ1) is 11.0. The zero-order chi connectivity index (χ0) is 12.2.